The lowest BCUT2D eigenvalue weighted by Crippen LogP contribution is -2.44. The van der Waals surface area contributed by atoms with Crippen LogP contribution in [0.2, 0.25) is 0 Å². The summed E-state index contributed by atoms with van der Waals surface area (Å²) in [4.78, 5) is 0. The Bertz CT molecular complexity index is 42.9. The van der Waals surface area contributed by atoms with E-state index in [0.29, 0.717) is 0 Å². The molecule has 2 N–H and O–H groups in total. The van der Waals surface area contributed by atoms with Gasteiger partial charge in [-0.1, -0.05) is 13.8 Å². The molecule has 0 saturated carbocycles. The second-order valence-electron chi connectivity index (χ2n) is 1.53. The van der Waals surface area contributed by atoms with Crippen molar-refractivity contribution in [3.63, 3.8) is 0 Å². The normalized spacial score (nSPS) is 10.5. The zero-order chi connectivity index (χ0) is 6.41. The molecular formula is C5H15N3. The Morgan fingerprint density at radius 2 is 1.75 bits per heavy atom. The van der Waals surface area contributed by atoms with Crippen LogP contribution in [0.25, 0.3) is 0 Å². The van der Waals surface area contributed by atoms with Gasteiger partial charge in [0, 0.05) is 13.1 Å². The van der Waals surface area contributed by atoms with Crippen LogP contribution in [0.15, 0.2) is 0 Å². The number of hydrogen-bond donors (Lipinski definition) is 2. The standard InChI is InChI=1S/C5H15N3/c1-4-8(5-2)7-6-3/h6-7H,4-5H2,1-3H3. The monoisotopic (exact) mass is 117 g/mol. The van der Waals surface area contributed by atoms with Crippen LogP contribution < -0.4 is 11.0 Å². The van der Waals surface area contributed by atoms with Crippen molar-refractivity contribution in [2.75, 3.05) is 20.1 Å². The van der Waals surface area contributed by atoms with E-state index in [-0.39, 0.29) is 0 Å². The molecule has 3 heteroatoms. The summed E-state index contributed by atoms with van der Waals surface area (Å²) in [5.74, 6) is 0. The van der Waals surface area contributed by atoms with Crippen LogP contribution in [-0.4, -0.2) is 25.1 Å². The number of hydrogen-bond acceptors (Lipinski definition) is 3. The molecule has 0 amide bonds. The van der Waals surface area contributed by atoms with Crippen molar-refractivity contribution >= 4 is 0 Å². The summed E-state index contributed by atoms with van der Waals surface area (Å²) in [7, 11) is 1.86. The van der Waals surface area contributed by atoms with Gasteiger partial charge in [0.2, 0.25) is 0 Å². The SMILES string of the molecule is CCN(CC)NNC. The van der Waals surface area contributed by atoms with Gasteiger partial charge >= 0.3 is 0 Å². The first-order chi connectivity index (χ1) is 3.85. The van der Waals surface area contributed by atoms with Crippen molar-refractivity contribution < 1.29 is 0 Å². The number of rotatable bonds is 4. The van der Waals surface area contributed by atoms with E-state index in [0.717, 1.165) is 13.1 Å². The molecule has 0 saturated heterocycles. The average molecular weight is 117 g/mol. The highest BCUT2D eigenvalue weighted by molar-refractivity contribution is 4.36. The van der Waals surface area contributed by atoms with Crippen LogP contribution in [0, 0.1) is 0 Å². The van der Waals surface area contributed by atoms with Gasteiger partial charge in [-0.05, 0) is 7.05 Å². The summed E-state index contributed by atoms with van der Waals surface area (Å²) < 4.78 is 0. The van der Waals surface area contributed by atoms with E-state index in [4.69, 9.17) is 0 Å². The molecule has 0 fully saturated rings. The fourth-order valence-electron chi connectivity index (χ4n) is 0.540. The molecule has 0 heterocycles. The van der Waals surface area contributed by atoms with Crippen molar-refractivity contribution in [1.82, 2.24) is 16.0 Å². The number of nitrogens with one attached hydrogen (secondary N) is 2. The van der Waals surface area contributed by atoms with Gasteiger partial charge in [0.15, 0.2) is 0 Å². The lowest BCUT2D eigenvalue weighted by atomic mass is 10.6. The highest BCUT2D eigenvalue weighted by Gasteiger charge is 1.90. The maximum absolute atomic E-state index is 2.97. The Hall–Kier alpha value is -0.120. The molecule has 8 heavy (non-hydrogen) atoms. The molecule has 0 spiro atoms. The second-order valence-corrected chi connectivity index (χ2v) is 1.53. The minimum absolute atomic E-state index is 1.03. The highest BCUT2D eigenvalue weighted by Crippen LogP contribution is 1.74. The average Bonchev–Trinajstić information content (AvgIpc) is 1.83. The molecule has 0 aliphatic carbocycles. The molecule has 3 nitrogen and oxygen atoms in total. The lowest BCUT2D eigenvalue weighted by Gasteiger charge is -2.17. The van der Waals surface area contributed by atoms with Gasteiger partial charge in [0.05, 0.1) is 0 Å². The van der Waals surface area contributed by atoms with Crippen molar-refractivity contribution in [2.45, 2.75) is 13.8 Å². The van der Waals surface area contributed by atoms with Crippen molar-refractivity contribution in [1.29, 1.82) is 0 Å². The zero-order valence-corrected chi connectivity index (χ0v) is 5.86. The molecule has 0 radical (unpaired) electrons. The minimum atomic E-state index is 1.03. The summed E-state index contributed by atoms with van der Waals surface area (Å²) in [5.41, 5.74) is 5.81. The maximum atomic E-state index is 2.97. The second kappa shape index (κ2) is 5.03. The molecule has 0 aliphatic heterocycles. The molecule has 50 valence electrons. The van der Waals surface area contributed by atoms with Crippen LogP contribution >= 0.6 is 0 Å². The van der Waals surface area contributed by atoms with Crippen LogP contribution in [0.5, 0.6) is 0 Å². The van der Waals surface area contributed by atoms with E-state index >= 15 is 0 Å². The maximum Gasteiger partial charge on any atom is 0.0115 e. The van der Waals surface area contributed by atoms with E-state index in [2.05, 4.69) is 29.8 Å². The Balaban J connectivity index is 3.07. The van der Waals surface area contributed by atoms with E-state index in [9.17, 15) is 0 Å². The van der Waals surface area contributed by atoms with Gasteiger partial charge in [-0.25, -0.2) is 10.4 Å². The summed E-state index contributed by atoms with van der Waals surface area (Å²) in [5, 5.41) is 2.07. The quantitative estimate of drug-likeness (QED) is 0.506. The van der Waals surface area contributed by atoms with Gasteiger partial charge in [-0.3, -0.25) is 0 Å². The van der Waals surface area contributed by atoms with Gasteiger partial charge in [-0.15, -0.1) is 0 Å². The van der Waals surface area contributed by atoms with Gasteiger partial charge in [0.1, 0.15) is 0 Å². The minimum Gasteiger partial charge on any atom is -0.247 e. The van der Waals surface area contributed by atoms with E-state index in [1.165, 1.54) is 0 Å². The fourth-order valence-corrected chi connectivity index (χ4v) is 0.540. The van der Waals surface area contributed by atoms with Crippen LogP contribution in [-0.2, 0) is 0 Å². The molecule has 0 atom stereocenters. The molecule has 0 aliphatic rings. The van der Waals surface area contributed by atoms with E-state index < -0.39 is 0 Å². The molecule has 0 rings (SSSR count). The summed E-state index contributed by atoms with van der Waals surface area (Å²) in [6.07, 6.45) is 0. The van der Waals surface area contributed by atoms with E-state index in [1.54, 1.807) is 0 Å². The fraction of sp³-hybridized carbons (Fsp3) is 1.00. The molecule has 0 aromatic rings. The highest BCUT2D eigenvalue weighted by atomic mass is 15.7. The lowest BCUT2D eigenvalue weighted by molar-refractivity contribution is 0.179. The summed E-state index contributed by atoms with van der Waals surface area (Å²) in [6, 6.07) is 0. The smallest absolute Gasteiger partial charge is 0.0115 e. The first-order valence-electron chi connectivity index (χ1n) is 3.02. The number of nitrogens with zero attached hydrogens (tertiary/aromatic N) is 1. The van der Waals surface area contributed by atoms with Crippen LogP contribution in [0.1, 0.15) is 13.8 Å². The third kappa shape index (κ3) is 2.96. The van der Waals surface area contributed by atoms with Gasteiger partial charge < -0.3 is 0 Å². The molecule has 0 unspecified atom stereocenters. The third-order valence-corrected chi connectivity index (χ3v) is 1.03. The predicted molar refractivity (Wildman–Crippen MR) is 35.1 cm³/mol. The molecule has 0 bridgehead atoms. The largest absolute Gasteiger partial charge is 0.247 e. The van der Waals surface area contributed by atoms with Gasteiger partial charge in [-0.2, -0.15) is 5.53 Å². The van der Waals surface area contributed by atoms with Crippen LogP contribution in [0.4, 0.5) is 0 Å². The predicted octanol–water partition coefficient (Wildman–Crippen LogP) is -0.0328. The van der Waals surface area contributed by atoms with E-state index in [1.807, 2.05) is 7.05 Å². The first kappa shape index (κ1) is 7.88. The molecular weight excluding hydrogens is 102 g/mol. The Morgan fingerprint density at radius 3 is 1.88 bits per heavy atom. The zero-order valence-electron chi connectivity index (χ0n) is 5.86. The first-order valence-corrected chi connectivity index (χ1v) is 3.02. The van der Waals surface area contributed by atoms with Gasteiger partial charge in [0.25, 0.3) is 0 Å². The Labute approximate surface area is 51.0 Å². The molecule has 0 aromatic heterocycles. The van der Waals surface area contributed by atoms with Crippen molar-refractivity contribution in [3.05, 3.63) is 0 Å². The van der Waals surface area contributed by atoms with Crippen LogP contribution in [0.3, 0.4) is 0 Å². The Morgan fingerprint density at radius 1 is 1.25 bits per heavy atom. The summed E-state index contributed by atoms with van der Waals surface area (Å²) >= 11 is 0. The number of hydrazine groups is 2. The van der Waals surface area contributed by atoms with Crippen molar-refractivity contribution in [3.8, 4) is 0 Å². The molecule has 0 aromatic carbocycles. The Kier molecular flexibility index (Phi) is 4.95. The third-order valence-electron chi connectivity index (χ3n) is 1.03. The summed E-state index contributed by atoms with van der Waals surface area (Å²) in [6.45, 7) is 6.26. The van der Waals surface area contributed by atoms with Crippen molar-refractivity contribution in [2.24, 2.45) is 0 Å². The topological polar surface area (TPSA) is 27.3 Å².